The van der Waals surface area contributed by atoms with Gasteiger partial charge < -0.3 is 14.5 Å². The van der Waals surface area contributed by atoms with E-state index in [0.717, 1.165) is 22.7 Å². The molecule has 5 nitrogen and oxygen atoms in total. The first-order chi connectivity index (χ1) is 12.6. The topological polar surface area (TPSA) is 56.2 Å². The Morgan fingerprint density at radius 2 is 1.73 bits per heavy atom. The van der Waals surface area contributed by atoms with Gasteiger partial charge in [-0.1, -0.05) is 0 Å². The maximum absolute atomic E-state index is 11.8. The Balaban J connectivity index is 1.86. The van der Waals surface area contributed by atoms with Crippen molar-refractivity contribution >= 4 is 18.2 Å². The minimum absolute atomic E-state index is 0.327. The lowest BCUT2D eigenvalue weighted by Gasteiger charge is -2.05. The maximum atomic E-state index is 11.8. The second-order valence-electron chi connectivity index (χ2n) is 5.57. The van der Waals surface area contributed by atoms with Gasteiger partial charge in [-0.3, -0.25) is 4.57 Å². The number of aromatic amines is 1. The van der Waals surface area contributed by atoms with Crippen molar-refractivity contribution in [2.75, 3.05) is 13.2 Å². The molecule has 0 bridgehead atoms. The molecule has 0 saturated heterocycles. The quantitative estimate of drug-likeness (QED) is 0.503. The molecule has 2 aromatic carbocycles. The van der Waals surface area contributed by atoms with E-state index in [1.54, 1.807) is 19.1 Å². The molecule has 26 heavy (non-hydrogen) atoms. The first-order valence-corrected chi connectivity index (χ1v) is 8.85. The third kappa shape index (κ3) is 3.86. The average Bonchev–Trinajstić information content (AvgIpc) is 3.05. The molecule has 134 valence electrons. The van der Waals surface area contributed by atoms with E-state index in [1.165, 1.54) is 0 Å². The first kappa shape index (κ1) is 17.9. The Morgan fingerprint density at radius 1 is 1.04 bits per heavy atom. The molecule has 0 aliphatic heterocycles. The fourth-order valence-corrected chi connectivity index (χ4v) is 2.87. The van der Waals surface area contributed by atoms with E-state index in [0.29, 0.717) is 23.5 Å². The molecule has 0 fully saturated rings. The van der Waals surface area contributed by atoms with Crippen LogP contribution in [0.4, 0.5) is 0 Å². The van der Waals surface area contributed by atoms with Crippen LogP contribution in [-0.2, 0) is 4.74 Å². The van der Waals surface area contributed by atoms with Gasteiger partial charge in [-0.05, 0) is 80.2 Å². The Bertz CT molecular complexity index is 940. The third-order valence-corrected chi connectivity index (χ3v) is 4.15. The zero-order valence-corrected chi connectivity index (χ0v) is 15.5. The summed E-state index contributed by atoms with van der Waals surface area (Å²) < 4.78 is 12.9. The number of carbonyl (C=O) groups excluding carboxylic acids is 1. The lowest BCUT2D eigenvalue weighted by Crippen LogP contribution is -2.04. The molecule has 3 aromatic rings. The van der Waals surface area contributed by atoms with Gasteiger partial charge in [0.15, 0.2) is 4.77 Å². The minimum Gasteiger partial charge on any atom is -0.494 e. The summed E-state index contributed by atoms with van der Waals surface area (Å²) in [6.07, 6.45) is 1.94. The fraction of sp³-hybridized carbons (Fsp3) is 0.200. The normalized spacial score (nSPS) is 10.5. The molecule has 6 heteroatoms. The van der Waals surface area contributed by atoms with E-state index < -0.39 is 0 Å². The number of nitrogens with zero attached hydrogens (tertiary/aromatic N) is 1. The number of H-pyrrole nitrogens is 1. The number of benzene rings is 2. The van der Waals surface area contributed by atoms with Crippen molar-refractivity contribution in [3.63, 3.8) is 0 Å². The summed E-state index contributed by atoms with van der Waals surface area (Å²) in [5.74, 6) is 0.510. The zero-order chi connectivity index (χ0) is 18.5. The molecule has 0 atom stereocenters. The number of imidazole rings is 1. The van der Waals surface area contributed by atoms with Crippen molar-refractivity contribution in [1.29, 1.82) is 0 Å². The largest absolute Gasteiger partial charge is 0.494 e. The van der Waals surface area contributed by atoms with Crippen LogP contribution >= 0.6 is 12.2 Å². The number of hydrogen-bond acceptors (Lipinski definition) is 4. The van der Waals surface area contributed by atoms with Crippen molar-refractivity contribution in [2.24, 2.45) is 0 Å². The molecule has 1 aromatic heterocycles. The van der Waals surface area contributed by atoms with Crippen LogP contribution in [0.15, 0.2) is 54.7 Å². The molecule has 0 radical (unpaired) electrons. The van der Waals surface area contributed by atoms with Crippen LogP contribution in [0.3, 0.4) is 0 Å². The predicted molar refractivity (Wildman–Crippen MR) is 104 cm³/mol. The molecular weight excluding hydrogens is 348 g/mol. The number of rotatable bonds is 6. The molecule has 1 N–H and O–H groups in total. The zero-order valence-electron chi connectivity index (χ0n) is 14.7. The van der Waals surface area contributed by atoms with E-state index in [2.05, 4.69) is 4.98 Å². The van der Waals surface area contributed by atoms with Gasteiger partial charge in [0.05, 0.1) is 24.5 Å². The highest BCUT2D eigenvalue weighted by atomic mass is 32.1. The van der Waals surface area contributed by atoms with Gasteiger partial charge in [-0.25, -0.2) is 4.79 Å². The van der Waals surface area contributed by atoms with Crippen LogP contribution < -0.4 is 4.74 Å². The van der Waals surface area contributed by atoms with Gasteiger partial charge in [0.1, 0.15) is 5.75 Å². The van der Waals surface area contributed by atoms with Gasteiger partial charge in [0.2, 0.25) is 0 Å². The molecule has 0 amide bonds. The monoisotopic (exact) mass is 368 g/mol. The van der Waals surface area contributed by atoms with E-state index in [1.807, 2.05) is 54.1 Å². The molecule has 1 heterocycles. The van der Waals surface area contributed by atoms with Gasteiger partial charge in [0.25, 0.3) is 0 Å². The van der Waals surface area contributed by atoms with Crippen LogP contribution in [0.2, 0.25) is 0 Å². The number of nitrogens with one attached hydrogen (secondary N) is 1. The van der Waals surface area contributed by atoms with E-state index >= 15 is 0 Å². The second-order valence-corrected chi connectivity index (χ2v) is 5.95. The van der Waals surface area contributed by atoms with Crippen LogP contribution in [0.5, 0.6) is 5.75 Å². The summed E-state index contributed by atoms with van der Waals surface area (Å²) in [6, 6.07) is 15.0. The molecule has 0 unspecified atom stereocenters. The lowest BCUT2D eigenvalue weighted by atomic mass is 10.1. The summed E-state index contributed by atoms with van der Waals surface area (Å²) >= 11 is 5.44. The predicted octanol–water partition coefficient (Wildman–Crippen LogP) is 4.78. The van der Waals surface area contributed by atoms with Crippen molar-refractivity contribution in [1.82, 2.24) is 9.55 Å². The summed E-state index contributed by atoms with van der Waals surface area (Å²) in [6.45, 7) is 4.74. The summed E-state index contributed by atoms with van der Waals surface area (Å²) in [4.78, 5) is 15.0. The standard InChI is InChI=1S/C20H20N2O3S/c1-3-24-17-11-7-14(8-12-17)18-13-22(20(26)21-18)16-9-5-15(6-10-16)19(23)25-4-2/h5-13H,3-4H2,1-2H3,(H,21,26). The van der Waals surface area contributed by atoms with Crippen molar-refractivity contribution < 1.29 is 14.3 Å². The highest BCUT2D eigenvalue weighted by Gasteiger charge is 2.09. The third-order valence-electron chi connectivity index (χ3n) is 3.85. The highest BCUT2D eigenvalue weighted by molar-refractivity contribution is 7.71. The lowest BCUT2D eigenvalue weighted by molar-refractivity contribution is 0.0526. The number of ether oxygens (including phenoxy) is 2. The summed E-state index contributed by atoms with van der Waals surface area (Å²) in [5.41, 5.74) is 3.31. The molecular formula is C20H20N2O3S. The highest BCUT2D eigenvalue weighted by Crippen LogP contribution is 2.23. The summed E-state index contributed by atoms with van der Waals surface area (Å²) in [5, 5.41) is 0. The molecule has 0 aliphatic carbocycles. The van der Waals surface area contributed by atoms with Crippen molar-refractivity contribution in [3.05, 3.63) is 65.1 Å². The minimum atomic E-state index is -0.327. The molecule has 3 rings (SSSR count). The fourth-order valence-electron chi connectivity index (χ4n) is 2.60. The first-order valence-electron chi connectivity index (χ1n) is 8.44. The number of esters is 1. The Labute approximate surface area is 157 Å². The van der Waals surface area contributed by atoms with E-state index in [9.17, 15) is 4.79 Å². The van der Waals surface area contributed by atoms with Gasteiger partial charge in [-0.2, -0.15) is 0 Å². The SMILES string of the molecule is CCOC(=O)c1ccc(-n2cc(-c3ccc(OCC)cc3)[nH]c2=S)cc1. The van der Waals surface area contributed by atoms with Crippen LogP contribution in [-0.4, -0.2) is 28.7 Å². The second kappa shape index (κ2) is 8.01. The van der Waals surface area contributed by atoms with Gasteiger partial charge >= 0.3 is 5.97 Å². The molecule has 0 aliphatic rings. The van der Waals surface area contributed by atoms with Crippen LogP contribution in [0.25, 0.3) is 16.9 Å². The average molecular weight is 368 g/mol. The Hall–Kier alpha value is -2.86. The van der Waals surface area contributed by atoms with Crippen molar-refractivity contribution in [3.8, 4) is 22.7 Å². The Morgan fingerprint density at radius 3 is 2.35 bits per heavy atom. The van der Waals surface area contributed by atoms with Gasteiger partial charge in [-0.15, -0.1) is 0 Å². The van der Waals surface area contributed by atoms with Crippen LogP contribution in [0, 0.1) is 4.77 Å². The van der Waals surface area contributed by atoms with E-state index in [4.69, 9.17) is 21.7 Å². The molecule has 0 saturated carbocycles. The van der Waals surface area contributed by atoms with Gasteiger partial charge in [0, 0.05) is 11.9 Å². The smallest absolute Gasteiger partial charge is 0.338 e. The Kier molecular flexibility index (Phi) is 5.53. The number of carbonyl (C=O) groups is 1. The van der Waals surface area contributed by atoms with Crippen molar-refractivity contribution in [2.45, 2.75) is 13.8 Å². The number of aromatic nitrogens is 2. The molecule has 0 spiro atoms. The van der Waals surface area contributed by atoms with E-state index in [-0.39, 0.29) is 5.97 Å². The summed E-state index contributed by atoms with van der Waals surface area (Å²) in [7, 11) is 0. The van der Waals surface area contributed by atoms with Crippen LogP contribution in [0.1, 0.15) is 24.2 Å². The number of hydrogen-bond donors (Lipinski definition) is 1. The maximum Gasteiger partial charge on any atom is 0.338 e.